The molecular weight excluding hydrogens is 284 g/mol. The van der Waals surface area contributed by atoms with Gasteiger partial charge in [0.2, 0.25) is 5.91 Å². The normalized spacial score (nSPS) is 11.9. The smallest absolute Gasteiger partial charge is 0.251 e. The van der Waals surface area contributed by atoms with Gasteiger partial charge < -0.3 is 20.1 Å². The number of rotatable bonds is 8. The standard InChI is InChI=1S/C16H24N2O4/c1-11(2)22-14-7-5-13(6-8-14)16(20)17-9-15(19)18-12(3)10-21-4/h5-8,11-12H,9-10H2,1-4H3,(H,17,20)(H,18,19)/t12-/m1/s1. The quantitative estimate of drug-likeness (QED) is 0.760. The zero-order valence-corrected chi connectivity index (χ0v) is 13.5. The summed E-state index contributed by atoms with van der Waals surface area (Å²) < 4.78 is 10.4. The molecule has 6 heteroatoms. The minimum Gasteiger partial charge on any atom is -0.491 e. The third-order valence-electron chi connectivity index (χ3n) is 2.72. The van der Waals surface area contributed by atoms with Gasteiger partial charge >= 0.3 is 0 Å². The molecular formula is C16H24N2O4. The van der Waals surface area contributed by atoms with Crippen LogP contribution in [0.4, 0.5) is 0 Å². The number of methoxy groups -OCH3 is 1. The summed E-state index contributed by atoms with van der Waals surface area (Å²) in [4.78, 5) is 23.6. The van der Waals surface area contributed by atoms with E-state index in [2.05, 4.69) is 10.6 Å². The Bertz CT molecular complexity index is 485. The van der Waals surface area contributed by atoms with Crippen molar-refractivity contribution >= 4 is 11.8 Å². The Kier molecular flexibility index (Phi) is 7.39. The molecule has 2 amide bonds. The second kappa shape index (κ2) is 9.04. The van der Waals surface area contributed by atoms with Crippen molar-refractivity contribution in [2.24, 2.45) is 0 Å². The molecule has 0 aliphatic rings. The number of nitrogens with one attached hydrogen (secondary N) is 2. The Labute approximate surface area is 131 Å². The van der Waals surface area contributed by atoms with E-state index in [4.69, 9.17) is 9.47 Å². The third kappa shape index (κ3) is 6.58. The lowest BCUT2D eigenvalue weighted by Gasteiger charge is -2.13. The van der Waals surface area contributed by atoms with Gasteiger partial charge in [0, 0.05) is 18.7 Å². The van der Waals surface area contributed by atoms with E-state index < -0.39 is 0 Å². The van der Waals surface area contributed by atoms with E-state index in [1.807, 2.05) is 20.8 Å². The van der Waals surface area contributed by atoms with Gasteiger partial charge in [-0.25, -0.2) is 0 Å². The van der Waals surface area contributed by atoms with E-state index in [1.165, 1.54) is 0 Å². The molecule has 1 aromatic carbocycles. The molecule has 0 fully saturated rings. The molecule has 0 saturated carbocycles. The molecule has 0 aliphatic heterocycles. The minimum atomic E-state index is -0.300. The number of amides is 2. The van der Waals surface area contributed by atoms with Crippen LogP contribution in [0.25, 0.3) is 0 Å². The summed E-state index contributed by atoms with van der Waals surface area (Å²) in [6, 6.07) is 6.70. The molecule has 0 bridgehead atoms. The van der Waals surface area contributed by atoms with Gasteiger partial charge in [-0.3, -0.25) is 9.59 Å². The SMILES string of the molecule is COC[C@@H](C)NC(=O)CNC(=O)c1ccc(OC(C)C)cc1. The summed E-state index contributed by atoms with van der Waals surface area (Å²) in [5, 5.41) is 5.29. The number of carbonyl (C=O) groups excluding carboxylic acids is 2. The first-order valence-corrected chi connectivity index (χ1v) is 7.25. The van der Waals surface area contributed by atoms with Crippen LogP contribution in [0.1, 0.15) is 31.1 Å². The monoisotopic (exact) mass is 308 g/mol. The van der Waals surface area contributed by atoms with Gasteiger partial charge in [-0.05, 0) is 45.0 Å². The summed E-state index contributed by atoms with van der Waals surface area (Å²) in [7, 11) is 1.57. The summed E-state index contributed by atoms with van der Waals surface area (Å²) >= 11 is 0. The van der Waals surface area contributed by atoms with Gasteiger partial charge in [0.15, 0.2) is 0 Å². The van der Waals surface area contributed by atoms with Crippen molar-refractivity contribution < 1.29 is 19.1 Å². The molecule has 6 nitrogen and oxygen atoms in total. The average molecular weight is 308 g/mol. The molecule has 0 aliphatic carbocycles. The molecule has 1 rings (SSSR count). The summed E-state index contributed by atoms with van der Waals surface area (Å²) in [5.74, 6) is 0.154. The van der Waals surface area contributed by atoms with Crippen LogP contribution in [0.15, 0.2) is 24.3 Å². The fraction of sp³-hybridized carbons (Fsp3) is 0.500. The van der Waals surface area contributed by atoms with Crippen molar-refractivity contribution in [1.29, 1.82) is 0 Å². The molecule has 0 aromatic heterocycles. The van der Waals surface area contributed by atoms with Gasteiger partial charge in [0.25, 0.3) is 5.91 Å². The fourth-order valence-electron chi connectivity index (χ4n) is 1.84. The molecule has 2 N–H and O–H groups in total. The Hall–Kier alpha value is -2.08. The van der Waals surface area contributed by atoms with Crippen LogP contribution in [0.2, 0.25) is 0 Å². The highest BCUT2D eigenvalue weighted by atomic mass is 16.5. The highest BCUT2D eigenvalue weighted by Gasteiger charge is 2.10. The number of carbonyl (C=O) groups is 2. The summed E-state index contributed by atoms with van der Waals surface area (Å²) in [6.45, 7) is 6.05. The van der Waals surface area contributed by atoms with Crippen LogP contribution >= 0.6 is 0 Å². The topological polar surface area (TPSA) is 76.7 Å². The zero-order valence-electron chi connectivity index (χ0n) is 13.5. The molecule has 0 heterocycles. The van der Waals surface area contributed by atoms with E-state index in [9.17, 15) is 9.59 Å². The van der Waals surface area contributed by atoms with Crippen molar-refractivity contribution in [3.63, 3.8) is 0 Å². The van der Waals surface area contributed by atoms with Gasteiger partial charge in [0.05, 0.1) is 19.3 Å². The number of hydrogen-bond acceptors (Lipinski definition) is 4. The van der Waals surface area contributed by atoms with Crippen LogP contribution in [0, 0.1) is 0 Å². The average Bonchev–Trinajstić information content (AvgIpc) is 2.45. The van der Waals surface area contributed by atoms with Gasteiger partial charge in [-0.15, -0.1) is 0 Å². The van der Waals surface area contributed by atoms with Crippen LogP contribution in [-0.4, -0.2) is 44.2 Å². The largest absolute Gasteiger partial charge is 0.491 e. The molecule has 0 radical (unpaired) electrons. The lowest BCUT2D eigenvalue weighted by atomic mass is 10.2. The van der Waals surface area contributed by atoms with Crippen LogP contribution in [0.3, 0.4) is 0 Å². The molecule has 1 atom stereocenters. The molecule has 122 valence electrons. The first-order chi connectivity index (χ1) is 10.4. The van der Waals surface area contributed by atoms with E-state index in [1.54, 1.807) is 31.4 Å². The van der Waals surface area contributed by atoms with Crippen molar-refractivity contribution in [1.82, 2.24) is 10.6 Å². The van der Waals surface area contributed by atoms with Crippen molar-refractivity contribution in [3.8, 4) is 5.75 Å². The van der Waals surface area contributed by atoms with Gasteiger partial charge in [-0.2, -0.15) is 0 Å². The maximum Gasteiger partial charge on any atom is 0.251 e. The lowest BCUT2D eigenvalue weighted by Crippen LogP contribution is -2.42. The zero-order chi connectivity index (χ0) is 16.5. The highest BCUT2D eigenvalue weighted by Crippen LogP contribution is 2.13. The predicted molar refractivity (Wildman–Crippen MR) is 84.0 cm³/mol. The van der Waals surface area contributed by atoms with Gasteiger partial charge in [-0.1, -0.05) is 0 Å². The summed E-state index contributed by atoms with van der Waals surface area (Å²) in [6.07, 6.45) is 0.0810. The van der Waals surface area contributed by atoms with Gasteiger partial charge in [0.1, 0.15) is 5.75 Å². The molecule has 0 spiro atoms. The molecule has 22 heavy (non-hydrogen) atoms. The Balaban J connectivity index is 2.43. The van der Waals surface area contributed by atoms with Crippen LogP contribution in [0.5, 0.6) is 5.75 Å². The number of hydrogen-bond donors (Lipinski definition) is 2. The second-order valence-corrected chi connectivity index (χ2v) is 5.30. The van der Waals surface area contributed by atoms with E-state index in [0.717, 1.165) is 0 Å². The Morgan fingerprint density at radius 2 is 1.77 bits per heavy atom. The maximum atomic E-state index is 11.9. The number of benzene rings is 1. The first kappa shape index (κ1) is 18.0. The fourth-order valence-corrected chi connectivity index (χ4v) is 1.84. The van der Waals surface area contributed by atoms with Crippen LogP contribution < -0.4 is 15.4 Å². The summed E-state index contributed by atoms with van der Waals surface area (Å²) in [5.41, 5.74) is 0.480. The van der Waals surface area contributed by atoms with Crippen molar-refractivity contribution in [2.75, 3.05) is 20.3 Å². The lowest BCUT2D eigenvalue weighted by molar-refractivity contribution is -0.121. The first-order valence-electron chi connectivity index (χ1n) is 7.25. The van der Waals surface area contributed by atoms with E-state index in [0.29, 0.717) is 17.9 Å². The Morgan fingerprint density at radius 3 is 2.32 bits per heavy atom. The highest BCUT2D eigenvalue weighted by molar-refractivity contribution is 5.96. The van der Waals surface area contributed by atoms with E-state index in [-0.39, 0.29) is 30.5 Å². The second-order valence-electron chi connectivity index (χ2n) is 5.30. The van der Waals surface area contributed by atoms with Crippen molar-refractivity contribution in [2.45, 2.75) is 32.9 Å². The van der Waals surface area contributed by atoms with Crippen molar-refractivity contribution in [3.05, 3.63) is 29.8 Å². The molecule has 1 aromatic rings. The molecule has 0 saturated heterocycles. The predicted octanol–water partition coefficient (Wildman–Crippen LogP) is 1.35. The number of ether oxygens (including phenoxy) is 2. The third-order valence-corrected chi connectivity index (χ3v) is 2.72. The van der Waals surface area contributed by atoms with Crippen LogP contribution in [-0.2, 0) is 9.53 Å². The maximum absolute atomic E-state index is 11.9. The Morgan fingerprint density at radius 1 is 1.14 bits per heavy atom. The minimum absolute atomic E-state index is 0.0723. The molecule has 0 unspecified atom stereocenters. The van der Waals surface area contributed by atoms with E-state index >= 15 is 0 Å².